The molecule has 2 heterocycles. The van der Waals surface area contributed by atoms with Crippen molar-refractivity contribution < 1.29 is 13.6 Å². The van der Waals surface area contributed by atoms with Crippen LogP contribution in [0.3, 0.4) is 0 Å². The first-order valence-corrected chi connectivity index (χ1v) is 5.15. The van der Waals surface area contributed by atoms with Crippen molar-refractivity contribution in [2.75, 3.05) is 0 Å². The van der Waals surface area contributed by atoms with Crippen molar-refractivity contribution >= 4 is 11.6 Å². The van der Waals surface area contributed by atoms with Crippen LogP contribution in [0.5, 0.6) is 0 Å². The molecule has 4 rings (SSSR count). The topological polar surface area (TPSA) is 85.9 Å². The van der Waals surface area contributed by atoms with Gasteiger partial charge in [-0.15, -0.1) is 5.10 Å². The van der Waals surface area contributed by atoms with E-state index in [-0.39, 0.29) is 28.3 Å². The maximum atomic E-state index is 13.3. The number of carbonyl (C=O) groups excluding carboxylic acids is 1. The van der Waals surface area contributed by atoms with Crippen LogP contribution in [0.15, 0.2) is 12.1 Å². The molecule has 2 aromatic heterocycles. The molecule has 0 saturated heterocycles. The quantitative estimate of drug-likeness (QED) is 0.455. The van der Waals surface area contributed by atoms with E-state index in [0.29, 0.717) is 0 Å². The maximum absolute atomic E-state index is 13.3. The van der Waals surface area contributed by atoms with Crippen LogP contribution in [0.1, 0.15) is 16.1 Å². The van der Waals surface area contributed by atoms with Crippen molar-refractivity contribution in [1.82, 2.24) is 30.2 Å². The fourth-order valence-corrected chi connectivity index (χ4v) is 2.00. The van der Waals surface area contributed by atoms with Crippen LogP contribution in [0.4, 0.5) is 8.78 Å². The normalized spacial score (nSPS) is 12.8. The van der Waals surface area contributed by atoms with Crippen LogP contribution >= 0.6 is 0 Å². The van der Waals surface area contributed by atoms with Gasteiger partial charge in [0.2, 0.25) is 5.78 Å². The monoisotopic (exact) mass is 260 g/mol. The zero-order valence-corrected chi connectivity index (χ0v) is 9.00. The van der Waals surface area contributed by atoms with Gasteiger partial charge in [-0.2, -0.15) is 0 Å². The van der Waals surface area contributed by atoms with E-state index >= 15 is 0 Å². The van der Waals surface area contributed by atoms with E-state index in [9.17, 15) is 13.6 Å². The van der Waals surface area contributed by atoms with Crippen LogP contribution in [0.25, 0.3) is 17.0 Å². The van der Waals surface area contributed by atoms with Gasteiger partial charge < -0.3 is 0 Å². The van der Waals surface area contributed by atoms with Crippen molar-refractivity contribution in [1.29, 1.82) is 0 Å². The summed E-state index contributed by atoms with van der Waals surface area (Å²) in [5.41, 5.74) is 0.341. The zero-order chi connectivity index (χ0) is 13.1. The summed E-state index contributed by atoms with van der Waals surface area (Å²) in [7, 11) is 0. The van der Waals surface area contributed by atoms with E-state index in [2.05, 4.69) is 25.6 Å². The molecule has 92 valence electrons. The average molecular weight is 260 g/mol. The standard InChI is InChI=1S/C10H2F2N6O/c11-5-1-3-4(2-6(5)12)9(19)8-7(3)13-10-14-16-17-18(10)15-8/h1-2H. The molecule has 0 N–H and O–H groups in total. The molecule has 0 unspecified atom stereocenters. The Labute approximate surface area is 102 Å². The molecule has 1 aliphatic carbocycles. The minimum Gasteiger partial charge on any atom is -0.287 e. The molecule has 7 nitrogen and oxygen atoms in total. The van der Waals surface area contributed by atoms with Gasteiger partial charge in [0.25, 0.3) is 5.78 Å². The number of halogens is 2. The third-order valence-electron chi connectivity index (χ3n) is 2.84. The predicted molar refractivity (Wildman–Crippen MR) is 55.2 cm³/mol. The van der Waals surface area contributed by atoms with Crippen molar-refractivity contribution in [2.24, 2.45) is 0 Å². The van der Waals surface area contributed by atoms with Crippen molar-refractivity contribution in [2.45, 2.75) is 0 Å². The minimum absolute atomic E-state index is 0.0233. The Morgan fingerprint density at radius 2 is 1.79 bits per heavy atom. The lowest BCUT2D eigenvalue weighted by Crippen LogP contribution is -2.06. The summed E-state index contributed by atoms with van der Waals surface area (Å²) in [6.07, 6.45) is 0. The highest BCUT2D eigenvalue weighted by atomic mass is 19.2. The average Bonchev–Trinajstić information content (AvgIpc) is 2.94. The SMILES string of the molecule is O=C1c2cc(F)c(F)cc2-c2nc3nnnn3nc21. The number of carbonyl (C=O) groups is 1. The van der Waals surface area contributed by atoms with E-state index in [0.717, 1.165) is 16.8 Å². The highest BCUT2D eigenvalue weighted by Crippen LogP contribution is 2.34. The Balaban J connectivity index is 2.11. The number of tetrazole rings is 1. The summed E-state index contributed by atoms with van der Waals surface area (Å²) in [5, 5.41) is 14.3. The van der Waals surface area contributed by atoms with Gasteiger partial charge in [0.1, 0.15) is 5.69 Å². The summed E-state index contributed by atoms with van der Waals surface area (Å²) in [5.74, 6) is -2.61. The van der Waals surface area contributed by atoms with Gasteiger partial charge in [0.15, 0.2) is 17.3 Å². The van der Waals surface area contributed by atoms with E-state index in [1.807, 2.05) is 0 Å². The van der Waals surface area contributed by atoms with E-state index < -0.39 is 17.4 Å². The molecule has 0 radical (unpaired) electrons. The largest absolute Gasteiger partial charge is 0.291 e. The second kappa shape index (κ2) is 3.13. The molecule has 1 aliphatic rings. The first-order chi connectivity index (χ1) is 9.15. The first kappa shape index (κ1) is 10.1. The Morgan fingerprint density at radius 3 is 2.58 bits per heavy atom. The van der Waals surface area contributed by atoms with E-state index in [1.54, 1.807) is 0 Å². The van der Waals surface area contributed by atoms with Crippen molar-refractivity contribution in [3.05, 3.63) is 35.0 Å². The van der Waals surface area contributed by atoms with Gasteiger partial charge >= 0.3 is 0 Å². The third-order valence-corrected chi connectivity index (χ3v) is 2.84. The lowest BCUT2D eigenvalue weighted by Gasteiger charge is -1.99. The number of ketones is 1. The number of aromatic nitrogens is 6. The van der Waals surface area contributed by atoms with Gasteiger partial charge in [0.05, 0.1) is 0 Å². The van der Waals surface area contributed by atoms with Gasteiger partial charge in [-0.1, -0.05) is 9.73 Å². The second-order valence-corrected chi connectivity index (χ2v) is 3.92. The second-order valence-electron chi connectivity index (χ2n) is 3.92. The molecule has 0 bridgehead atoms. The predicted octanol–water partition coefficient (Wildman–Crippen LogP) is 0.404. The van der Waals surface area contributed by atoms with Crippen molar-refractivity contribution in [3.63, 3.8) is 0 Å². The third kappa shape index (κ3) is 1.18. The summed E-state index contributed by atoms with van der Waals surface area (Å²) in [4.78, 5) is 16.1. The number of hydrogen-bond acceptors (Lipinski definition) is 6. The Hall–Kier alpha value is -2.84. The van der Waals surface area contributed by atoms with Crippen LogP contribution < -0.4 is 0 Å². The minimum atomic E-state index is -1.09. The number of benzene rings is 1. The van der Waals surface area contributed by atoms with Gasteiger partial charge in [0, 0.05) is 11.1 Å². The van der Waals surface area contributed by atoms with Crippen LogP contribution in [0, 0.1) is 11.6 Å². The molecule has 1 aromatic carbocycles. The summed E-state index contributed by atoms with van der Waals surface area (Å²) in [6.45, 7) is 0. The van der Waals surface area contributed by atoms with Crippen LogP contribution in [-0.4, -0.2) is 36.0 Å². The fourth-order valence-electron chi connectivity index (χ4n) is 2.00. The summed E-state index contributed by atoms with van der Waals surface area (Å²) >= 11 is 0. The first-order valence-electron chi connectivity index (χ1n) is 5.15. The maximum Gasteiger partial charge on any atom is 0.291 e. The molecule has 3 aromatic rings. The zero-order valence-electron chi connectivity index (χ0n) is 9.00. The molecule has 0 amide bonds. The fraction of sp³-hybridized carbons (Fsp3) is 0. The number of hydrogen-bond donors (Lipinski definition) is 0. The highest BCUT2D eigenvalue weighted by molar-refractivity contribution is 6.19. The molecule has 19 heavy (non-hydrogen) atoms. The molecule has 0 spiro atoms. The van der Waals surface area contributed by atoms with Gasteiger partial charge in [-0.05, 0) is 22.6 Å². The smallest absolute Gasteiger partial charge is 0.287 e. The molecule has 0 atom stereocenters. The summed E-state index contributed by atoms with van der Waals surface area (Å²) < 4.78 is 27.4. The van der Waals surface area contributed by atoms with Gasteiger partial charge in [-0.3, -0.25) is 4.79 Å². The summed E-state index contributed by atoms with van der Waals surface area (Å²) in [6, 6.07) is 1.76. The molecular formula is C10H2F2N6O. The van der Waals surface area contributed by atoms with Crippen molar-refractivity contribution in [3.8, 4) is 11.3 Å². The highest BCUT2D eigenvalue weighted by Gasteiger charge is 2.32. The number of nitrogens with zero attached hydrogens (tertiary/aromatic N) is 6. The molecule has 9 heteroatoms. The molecule has 0 aliphatic heterocycles. The number of fused-ring (bicyclic) bond motifs is 4. The lowest BCUT2D eigenvalue weighted by atomic mass is 10.1. The Morgan fingerprint density at radius 1 is 1.05 bits per heavy atom. The lowest BCUT2D eigenvalue weighted by molar-refractivity contribution is 0.103. The van der Waals surface area contributed by atoms with Gasteiger partial charge in [-0.25, -0.2) is 13.8 Å². The Kier molecular flexibility index (Phi) is 1.67. The molecule has 0 saturated carbocycles. The molecular weight excluding hydrogens is 258 g/mol. The molecule has 0 fully saturated rings. The van der Waals surface area contributed by atoms with Crippen LogP contribution in [-0.2, 0) is 0 Å². The Bertz CT molecular complexity index is 874. The van der Waals surface area contributed by atoms with Crippen LogP contribution in [0.2, 0.25) is 0 Å². The van der Waals surface area contributed by atoms with E-state index in [1.165, 1.54) is 0 Å². The number of rotatable bonds is 0. The van der Waals surface area contributed by atoms with E-state index in [4.69, 9.17) is 0 Å².